The van der Waals surface area contributed by atoms with Gasteiger partial charge in [0.1, 0.15) is 4.88 Å². The molecular formula is C12H10N2O3S. The van der Waals surface area contributed by atoms with Gasteiger partial charge in [0, 0.05) is 18.8 Å². The highest BCUT2D eigenvalue weighted by atomic mass is 32.1. The molecule has 0 bridgehead atoms. The fraction of sp³-hybridized carbons (Fsp3) is 0.0833. The van der Waals surface area contributed by atoms with Crippen LogP contribution in [0, 0.1) is 0 Å². The first kappa shape index (κ1) is 12.3. The molecule has 0 spiro atoms. The molecule has 0 unspecified atom stereocenters. The van der Waals surface area contributed by atoms with Crippen molar-refractivity contribution in [1.82, 2.24) is 9.78 Å². The number of carbonyl (C=O) groups is 2. The van der Waals surface area contributed by atoms with Crippen LogP contribution in [0.4, 0.5) is 0 Å². The fourth-order valence-corrected chi connectivity index (χ4v) is 2.13. The number of aromatic nitrogens is 2. The fourth-order valence-electron chi connectivity index (χ4n) is 1.37. The molecule has 6 heteroatoms. The van der Waals surface area contributed by atoms with E-state index in [1.54, 1.807) is 30.2 Å². The Kier molecular flexibility index (Phi) is 3.38. The van der Waals surface area contributed by atoms with E-state index in [2.05, 4.69) is 5.10 Å². The lowest BCUT2D eigenvalue weighted by molar-refractivity contribution is 0.0702. The van der Waals surface area contributed by atoms with E-state index >= 15 is 0 Å². The SMILES string of the molecule is Cn1cc(/C=C/C(=O)c2ccc(C(=O)O)s2)cn1. The Morgan fingerprint density at radius 1 is 1.39 bits per heavy atom. The van der Waals surface area contributed by atoms with Crippen LogP contribution in [0.5, 0.6) is 0 Å². The highest BCUT2D eigenvalue weighted by molar-refractivity contribution is 7.16. The predicted molar refractivity (Wildman–Crippen MR) is 67.9 cm³/mol. The molecule has 0 amide bonds. The number of carboxylic acid groups (broad SMARTS) is 1. The molecule has 5 nitrogen and oxygen atoms in total. The molecule has 0 fully saturated rings. The number of carbonyl (C=O) groups excluding carboxylic acids is 1. The number of aromatic carboxylic acids is 1. The third kappa shape index (κ3) is 2.72. The number of hydrogen-bond donors (Lipinski definition) is 1. The van der Waals surface area contributed by atoms with E-state index in [4.69, 9.17) is 5.11 Å². The van der Waals surface area contributed by atoms with Crippen molar-refractivity contribution in [3.8, 4) is 0 Å². The van der Waals surface area contributed by atoms with Crippen molar-refractivity contribution in [2.24, 2.45) is 7.05 Å². The summed E-state index contributed by atoms with van der Waals surface area (Å²) >= 11 is 0.968. The summed E-state index contributed by atoms with van der Waals surface area (Å²) in [6.07, 6.45) is 6.48. The molecule has 1 N–H and O–H groups in total. The van der Waals surface area contributed by atoms with Crippen LogP contribution in [0.25, 0.3) is 6.08 Å². The first-order valence-corrected chi connectivity index (χ1v) is 5.92. The smallest absolute Gasteiger partial charge is 0.345 e. The van der Waals surface area contributed by atoms with Crippen molar-refractivity contribution < 1.29 is 14.7 Å². The van der Waals surface area contributed by atoms with E-state index in [9.17, 15) is 9.59 Å². The highest BCUT2D eigenvalue weighted by Crippen LogP contribution is 2.17. The lowest BCUT2D eigenvalue weighted by Gasteiger charge is -1.88. The molecule has 2 aromatic heterocycles. The summed E-state index contributed by atoms with van der Waals surface area (Å²) in [4.78, 5) is 23.0. The van der Waals surface area contributed by atoms with Crippen LogP contribution in [-0.2, 0) is 7.05 Å². The second kappa shape index (κ2) is 4.97. The van der Waals surface area contributed by atoms with Gasteiger partial charge in [0.25, 0.3) is 0 Å². The van der Waals surface area contributed by atoms with Gasteiger partial charge in [0.15, 0.2) is 5.78 Å². The molecule has 92 valence electrons. The number of nitrogens with zero attached hydrogens (tertiary/aromatic N) is 2. The molecular weight excluding hydrogens is 252 g/mol. The first-order chi connectivity index (χ1) is 8.56. The van der Waals surface area contributed by atoms with Gasteiger partial charge in [-0.2, -0.15) is 5.10 Å². The molecule has 2 heterocycles. The summed E-state index contributed by atoms with van der Waals surface area (Å²) in [5.74, 6) is -1.23. The Hall–Kier alpha value is -2.21. The van der Waals surface area contributed by atoms with Gasteiger partial charge in [-0.05, 0) is 24.3 Å². The van der Waals surface area contributed by atoms with Crippen LogP contribution >= 0.6 is 11.3 Å². The Morgan fingerprint density at radius 3 is 2.67 bits per heavy atom. The average Bonchev–Trinajstić information content (AvgIpc) is 2.94. The average molecular weight is 262 g/mol. The predicted octanol–water partition coefficient (Wildman–Crippen LogP) is 2.08. The second-order valence-corrected chi connectivity index (χ2v) is 4.70. The van der Waals surface area contributed by atoms with Crippen LogP contribution in [0.1, 0.15) is 24.9 Å². The molecule has 0 aliphatic heterocycles. The minimum absolute atomic E-state index is 0.160. The normalized spacial score (nSPS) is 10.9. The lowest BCUT2D eigenvalue weighted by Crippen LogP contribution is -1.91. The number of aryl methyl sites for hydroxylation is 1. The minimum atomic E-state index is -1.02. The number of hydrogen-bond acceptors (Lipinski definition) is 4. The number of rotatable bonds is 4. The van der Waals surface area contributed by atoms with Crippen LogP contribution in [0.15, 0.2) is 30.6 Å². The first-order valence-electron chi connectivity index (χ1n) is 5.10. The zero-order chi connectivity index (χ0) is 13.1. The van der Waals surface area contributed by atoms with Gasteiger partial charge < -0.3 is 5.11 Å². The zero-order valence-electron chi connectivity index (χ0n) is 9.53. The van der Waals surface area contributed by atoms with Gasteiger partial charge in [0.05, 0.1) is 11.1 Å². The van der Waals surface area contributed by atoms with Crippen molar-refractivity contribution in [3.63, 3.8) is 0 Å². The summed E-state index contributed by atoms with van der Waals surface area (Å²) in [6.45, 7) is 0. The van der Waals surface area contributed by atoms with Crippen LogP contribution in [-0.4, -0.2) is 26.6 Å². The maximum Gasteiger partial charge on any atom is 0.345 e. The third-order valence-electron chi connectivity index (χ3n) is 2.21. The van der Waals surface area contributed by atoms with Crippen molar-refractivity contribution in [2.45, 2.75) is 0 Å². The van der Waals surface area contributed by atoms with Gasteiger partial charge in [0.2, 0.25) is 0 Å². The molecule has 0 aliphatic carbocycles. The quantitative estimate of drug-likeness (QED) is 0.676. The van der Waals surface area contributed by atoms with E-state index in [1.807, 2.05) is 0 Å². The molecule has 18 heavy (non-hydrogen) atoms. The minimum Gasteiger partial charge on any atom is -0.477 e. The summed E-state index contributed by atoms with van der Waals surface area (Å²) in [5.41, 5.74) is 0.820. The van der Waals surface area contributed by atoms with E-state index < -0.39 is 5.97 Å². The monoisotopic (exact) mass is 262 g/mol. The summed E-state index contributed by atoms with van der Waals surface area (Å²) in [5, 5.41) is 12.7. The standard InChI is InChI=1S/C12H10N2O3S/c1-14-7-8(6-13-14)2-3-9(15)10-4-5-11(18-10)12(16)17/h2-7H,1H3,(H,16,17)/b3-2+. The topological polar surface area (TPSA) is 72.2 Å². The number of ketones is 1. The molecule has 0 aliphatic rings. The number of allylic oxidation sites excluding steroid dienone is 1. The Morgan fingerprint density at radius 2 is 2.11 bits per heavy atom. The maximum atomic E-state index is 11.8. The number of carboxylic acids is 1. The molecule has 0 saturated heterocycles. The van der Waals surface area contributed by atoms with E-state index in [-0.39, 0.29) is 10.7 Å². The van der Waals surface area contributed by atoms with Gasteiger partial charge >= 0.3 is 5.97 Å². The Labute approximate surface area is 107 Å². The molecule has 2 aromatic rings. The Balaban J connectivity index is 2.11. The van der Waals surface area contributed by atoms with E-state index in [0.717, 1.165) is 16.9 Å². The van der Waals surface area contributed by atoms with Gasteiger partial charge in [-0.25, -0.2) is 4.79 Å². The summed E-state index contributed by atoms with van der Waals surface area (Å²) in [6, 6.07) is 2.95. The van der Waals surface area contributed by atoms with Gasteiger partial charge in [-0.3, -0.25) is 9.48 Å². The van der Waals surface area contributed by atoms with Crippen molar-refractivity contribution >= 4 is 29.2 Å². The van der Waals surface area contributed by atoms with Crippen LogP contribution in [0.2, 0.25) is 0 Å². The maximum absolute atomic E-state index is 11.8. The lowest BCUT2D eigenvalue weighted by atomic mass is 10.2. The van der Waals surface area contributed by atoms with Gasteiger partial charge in [-0.1, -0.05) is 0 Å². The van der Waals surface area contributed by atoms with Crippen LogP contribution in [0.3, 0.4) is 0 Å². The summed E-state index contributed by atoms with van der Waals surface area (Å²) < 4.78 is 1.64. The summed E-state index contributed by atoms with van der Waals surface area (Å²) in [7, 11) is 1.79. The number of thiophene rings is 1. The zero-order valence-corrected chi connectivity index (χ0v) is 10.3. The third-order valence-corrected chi connectivity index (χ3v) is 3.30. The second-order valence-electron chi connectivity index (χ2n) is 3.61. The molecule has 0 saturated carbocycles. The van der Waals surface area contributed by atoms with Crippen molar-refractivity contribution in [2.75, 3.05) is 0 Å². The van der Waals surface area contributed by atoms with E-state index in [1.165, 1.54) is 18.2 Å². The molecule has 2 rings (SSSR count). The highest BCUT2D eigenvalue weighted by Gasteiger charge is 2.10. The van der Waals surface area contributed by atoms with E-state index in [0.29, 0.717) is 4.88 Å². The molecule has 0 atom stereocenters. The Bertz CT molecular complexity index is 625. The van der Waals surface area contributed by atoms with Crippen LogP contribution < -0.4 is 0 Å². The van der Waals surface area contributed by atoms with Crippen molar-refractivity contribution in [3.05, 3.63) is 45.9 Å². The van der Waals surface area contributed by atoms with Gasteiger partial charge in [-0.15, -0.1) is 11.3 Å². The van der Waals surface area contributed by atoms with Crippen molar-refractivity contribution in [1.29, 1.82) is 0 Å². The largest absolute Gasteiger partial charge is 0.477 e. The molecule has 0 radical (unpaired) electrons. The molecule has 0 aromatic carbocycles.